The van der Waals surface area contributed by atoms with Crippen LogP contribution in [0.2, 0.25) is 0 Å². The summed E-state index contributed by atoms with van der Waals surface area (Å²) >= 11 is 0. The number of fused-ring (bicyclic) bond motifs is 1. The standard InChI is InChI=1S/C21H24F3N5O2/c1-11-18-19(28(3)12(2)20(30)29(18)4)27-17(26-11)9-13-7-15(8-13)31-14-5-6-25-16(10-14)21(22,23)24/h5-6,10,12-13,15H,7-9H2,1-4H3/t12-,13?,15?/m0/s1. The minimum Gasteiger partial charge on any atom is -0.490 e. The number of pyridine rings is 1. The number of alkyl halides is 3. The lowest BCUT2D eigenvalue weighted by Gasteiger charge is -2.38. The zero-order valence-corrected chi connectivity index (χ0v) is 17.8. The van der Waals surface area contributed by atoms with Crippen LogP contribution in [0, 0.1) is 12.8 Å². The van der Waals surface area contributed by atoms with Gasteiger partial charge in [-0.15, -0.1) is 0 Å². The molecule has 1 saturated carbocycles. The Labute approximate surface area is 178 Å². The highest BCUT2D eigenvalue weighted by atomic mass is 19.4. The number of anilines is 2. The first-order chi connectivity index (χ1) is 14.5. The van der Waals surface area contributed by atoms with Crippen molar-refractivity contribution in [2.24, 2.45) is 5.92 Å². The molecule has 3 heterocycles. The van der Waals surface area contributed by atoms with Crippen LogP contribution >= 0.6 is 0 Å². The maximum absolute atomic E-state index is 12.8. The highest BCUT2D eigenvalue weighted by Gasteiger charge is 2.37. The van der Waals surface area contributed by atoms with E-state index in [2.05, 4.69) is 9.97 Å². The number of nitrogens with zero attached hydrogens (tertiary/aromatic N) is 5. The SMILES string of the molecule is Cc1nc(CC2CC(Oc3ccnc(C(F)(F)F)c3)C2)nc2c1N(C)C(=O)[C@H](C)N2C. The van der Waals surface area contributed by atoms with Gasteiger partial charge in [0.15, 0.2) is 5.82 Å². The number of likely N-dealkylation sites (N-methyl/N-ethyl adjacent to an activating group) is 2. The Morgan fingerprint density at radius 1 is 1.23 bits per heavy atom. The smallest absolute Gasteiger partial charge is 0.433 e. The van der Waals surface area contributed by atoms with Gasteiger partial charge >= 0.3 is 6.18 Å². The summed E-state index contributed by atoms with van der Waals surface area (Å²) in [5.41, 5.74) is 0.515. The molecule has 166 valence electrons. The fourth-order valence-electron chi connectivity index (χ4n) is 4.11. The van der Waals surface area contributed by atoms with E-state index in [0.717, 1.165) is 29.5 Å². The quantitative estimate of drug-likeness (QED) is 0.733. The first kappa shape index (κ1) is 21.3. The first-order valence-corrected chi connectivity index (χ1v) is 10.1. The van der Waals surface area contributed by atoms with Crippen LogP contribution in [0.15, 0.2) is 18.3 Å². The molecular weight excluding hydrogens is 411 g/mol. The third-order valence-corrected chi connectivity index (χ3v) is 6.01. The highest BCUT2D eigenvalue weighted by molar-refractivity contribution is 6.04. The van der Waals surface area contributed by atoms with Crippen molar-refractivity contribution in [3.8, 4) is 5.75 Å². The van der Waals surface area contributed by atoms with E-state index in [4.69, 9.17) is 9.72 Å². The molecule has 1 atom stereocenters. The maximum atomic E-state index is 12.8. The van der Waals surface area contributed by atoms with Crippen LogP contribution in [0.5, 0.6) is 5.75 Å². The number of amides is 1. The third kappa shape index (κ3) is 4.03. The van der Waals surface area contributed by atoms with Crippen molar-refractivity contribution in [3.63, 3.8) is 0 Å². The number of aromatic nitrogens is 3. The van der Waals surface area contributed by atoms with Gasteiger partial charge in [-0.2, -0.15) is 13.2 Å². The normalized spacial score (nSPS) is 23.5. The van der Waals surface area contributed by atoms with Gasteiger partial charge in [-0.25, -0.2) is 9.97 Å². The fraction of sp³-hybridized carbons (Fsp3) is 0.524. The van der Waals surface area contributed by atoms with Crippen LogP contribution in [-0.4, -0.2) is 47.1 Å². The van der Waals surface area contributed by atoms with Crippen molar-refractivity contribution in [3.05, 3.63) is 35.5 Å². The molecular formula is C21H24F3N5O2. The summed E-state index contributed by atoms with van der Waals surface area (Å²) in [6.45, 7) is 3.71. The summed E-state index contributed by atoms with van der Waals surface area (Å²) in [5, 5.41) is 0. The van der Waals surface area contributed by atoms with Gasteiger partial charge in [0.05, 0.1) is 11.8 Å². The average Bonchev–Trinajstić information content (AvgIpc) is 2.68. The third-order valence-electron chi connectivity index (χ3n) is 6.01. The maximum Gasteiger partial charge on any atom is 0.433 e. The predicted molar refractivity (Wildman–Crippen MR) is 108 cm³/mol. The largest absolute Gasteiger partial charge is 0.490 e. The van der Waals surface area contributed by atoms with E-state index in [1.807, 2.05) is 25.8 Å². The van der Waals surface area contributed by atoms with Gasteiger partial charge in [0.1, 0.15) is 29.0 Å². The Hall–Kier alpha value is -2.91. The highest BCUT2D eigenvalue weighted by Crippen LogP contribution is 2.38. The van der Waals surface area contributed by atoms with E-state index in [1.165, 1.54) is 6.07 Å². The molecule has 2 aromatic heterocycles. The Morgan fingerprint density at radius 2 is 1.94 bits per heavy atom. The van der Waals surface area contributed by atoms with Crippen LogP contribution in [0.3, 0.4) is 0 Å². The molecule has 0 bridgehead atoms. The first-order valence-electron chi connectivity index (χ1n) is 10.1. The molecule has 0 N–H and O–H groups in total. The van der Waals surface area contributed by atoms with E-state index < -0.39 is 11.9 Å². The molecule has 4 rings (SSSR count). The number of hydrogen-bond donors (Lipinski definition) is 0. The molecule has 1 amide bonds. The fourth-order valence-corrected chi connectivity index (χ4v) is 4.11. The lowest BCUT2D eigenvalue weighted by Crippen LogP contribution is -2.50. The monoisotopic (exact) mass is 435 g/mol. The second-order valence-corrected chi connectivity index (χ2v) is 8.24. The minimum absolute atomic E-state index is 0.00164. The molecule has 0 unspecified atom stereocenters. The number of rotatable bonds is 4. The summed E-state index contributed by atoms with van der Waals surface area (Å²) in [6.07, 6.45) is -1.44. The van der Waals surface area contributed by atoms with Crippen LogP contribution in [0.25, 0.3) is 0 Å². The summed E-state index contributed by atoms with van der Waals surface area (Å²) in [4.78, 5) is 28.5. The number of carbonyl (C=O) groups excluding carboxylic acids is 1. The number of ether oxygens (including phenoxy) is 1. The number of carbonyl (C=O) groups is 1. The van der Waals surface area contributed by atoms with Crippen LogP contribution in [0.1, 0.15) is 37.0 Å². The lowest BCUT2D eigenvalue weighted by atomic mass is 9.80. The average molecular weight is 435 g/mol. The molecule has 2 aliphatic rings. The van der Waals surface area contributed by atoms with Crippen molar-refractivity contribution < 1.29 is 22.7 Å². The molecule has 0 aromatic carbocycles. The second kappa shape index (κ2) is 7.65. The number of hydrogen-bond acceptors (Lipinski definition) is 6. The summed E-state index contributed by atoms with van der Waals surface area (Å²) in [5.74, 6) is 1.90. The molecule has 1 aliphatic carbocycles. The molecule has 7 nitrogen and oxygen atoms in total. The molecule has 0 radical (unpaired) electrons. The lowest BCUT2D eigenvalue weighted by molar-refractivity contribution is -0.141. The minimum atomic E-state index is -4.49. The van der Waals surface area contributed by atoms with Crippen LogP contribution < -0.4 is 14.5 Å². The Balaban J connectivity index is 1.40. The van der Waals surface area contributed by atoms with Crippen LogP contribution in [-0.2, 0) is 17.4 Å². The van der Waals surface area contributed by atoms with Gasteiger partial charge in [0, 0.05) is 32.8 Å². The topological polar surface area (TPSA) is 71.5 Å². The van der Waals surface area contributed by atoms with Crippen molar-refractivity contribution in [2.75, 3.05) is 23.9 Å². The molecule has 1 fully saturated rings. The van der Waals surface area contributed by atoms with Crippen molar-refractivity contribution in [2.45, 2.75) is 51.4 Å². The van der Waals surface area contributed by atoms with E-state index in [9.17, 15) is 18.0 Å². The number of halogens is 3. The second-order valence-electron chi connectivity index (χ2n) is 8.24. The van der Waals surface area contributed by atoms with Crippen molar-refractivity contribution in [1.29, 1.82) is 0 Å². The summed E-state index contributed by atoms with van der Waals surface area (Å²) in [6, 6.07) is 2.06. The van der Waals surface area contributed by atoms with E-state index >= 15 is 0 Å². The van der Waals surface area contributed by atoms with Crippen LogP contribution in [0.4, 0.5) is 24.7 Å². The summed E-state index contributed by atoms with van der Waals surface area (Å²) in [7, 11) is 3.58. The van der Waals surface area contributed by atoms with Gasteiger partial charge in [0.2, 0.25) is 5.91 Å². The Morgan fingerprint density at radius 3 is 2.61 bits per heavy atom. The zero-order valence-electron chi connectivity index (χ0n) is 17.8. The molecule has 0 saturated heterocycles. The zero-order chi connectivity index (χ0) is 22.5. The Kier molecular flexibility index (Phi) is 5.26. The van der Waals surface area contributed by atoms with Gasteiger partial charge in [0.25, 0.3) is 0 Å². The molecule has 10 heteroatoms. The van der Waals surface area contributed by atoms with Gasteiger partial charge in [-0.3, -0.25) is 9.78 Å². The van der Waals surface area contributed by atoms with Gasteiger partial charge < -0.3 is 14.5 Å². The molecule has 2 aromatic rings. The molecule has 1 aliphatic heterocycles. The molecule has 31 heavy (non-hydrogen) atoms. The van der Waals surface area contributed by atoms with Gasteiger partial charge in [-0.1, -0.05) is 0 Å². The van der Waals surface area contributed by atoms with E-state index in [0.29, 0.717) is 25.1 Å². The van der Waals surface area contributed by atoms with Crippen molar-refractivity contribution >= 4 is 17.4 Å². The number of aryl methyl sites for hydroxylation is 1. The Bertz CT molecular complexity index is 1010. The van der Waals surface area contributed by atoms with E-state index in [1.54, 1.807) is 11.9 Å². The summed E-state index contributed by atoms with van der Waals surface area (Å²) < 4.78 is 44.1. The predicted octanol–water partition coefficient (Wildman–Crippen LogP) is 3.40. The van der Waals surface area contributed by atoms with Crippen molar-refractivity contribution in [1.82, 2.24) is 15.0 Å². The van der Waals surface area contributed by atoms with E-state index in [-0.39, 0.29) is 29.7 Å². The van der Waals surface area contributed by atoms with Gasteiger partial charge in [-0.05, 0) is 38.7 Å². The molecule has 0 spiro atoms.